The molecule has 0 aromatic heterocycles. The van der Waals surface area contributed by atoms with Crippen LogP contribution in [-0.2, 0) is 0 Å². The molecule has 0 saturated carbocycles. The Hall–Kier alpha value is -0.770. The molecule has 0 aliphatic heterocycles. The van der Waals surface area contributed by atoms with Crippen molar-refractivity contribution in [2.45, 2.75) is 32.7 Å². The Morgan fingerprint density at radius 1 is 1.16 bits per heavy atom. The molecular formula is C15H24ClNO2. The summed E-state index contributed by atoms with van der Waals surface area (Å²) in [5.74, 6) is 0.831. The highest BCUT2D eigenvalue weighted by Gasteiger charge is 2.14. The molecule has 19 heavy (non-hydrogen) atoms. The first-order chi connectivity index (χ1) is 9.21. The second-order valence-electron chi connectivity index (χ2n) is 4.53. The number of hydrogen-bond donors (Lipinski definition) is 1. The lowest BCUT2D eigenvalue weighted by Gasteiger charge is -2.29. The SMILES string of the molecule is CCC(CC)N(CCO)CCOc1ccc(Cl)cc1. The maximum Gasteiger partial charge on any atom is 0.119 e. The van der Waals surface area contributed by atoms with E-state index in [4.69, 9.17) is 21.4 Å². The zero-order valence-corrected chi connectivity index (χ0v) is 12.6. The Kier molecular flexibility index (Phi) is 7.87. The molecule has 108 valence electrons. The summed E-state index contributed by atoms with van der Waals surface area (Å²) in [6, 6.07) is 7.90. The lowest BCUT2D eigenvalue weighted by molar-refractivity contribution is 0.122. The third-order valence-electron chi connectivity index (χ3n) is 3.31. The van der Waals surface area contributed by atoms with E-state index in [-0.39, 0.29) is 6.61 Å². The summed E-state index contributed by atoms with van der Waals surface area (Å²) in [7, 11) is 0. The van der Waals surface area contributed by atoms with Crippen molar-refractivity contribution >= 4 is 11.6 Å². The van der Waals surface area contributed by atoms with Gasteiger partial charge in [-0.15, -0.1) is 0 Å². The molecule has 1 aromatic carbocycles. The summed E-state index contributed by atoms with van der Waals surface area (Å²) < 4.78 is 5.70. The first-order valence-corrected chi connectivity index (χ1v) is 7.32. The van der Waals surface area contributed by atoms with Crippen LogP contribution in [0.25, 0.3) is 0 Å². The van der Waals surface area contributed by atoms with Crippen molar-refractivity contribution in [1.29, 1.82) is 0 Å². The van der Waals surface area contributed by atoms with E-state index in [1.165, 1.54) is 0 Å². The molecule has 0 amide bonds. The number of rotatable bonds is 9. The van der Waals surface area contributed by atoms with Gasteiger partial charge in [0.1, 0.15) is 12.4 Å². The molecule has 1 aromatic rings. The van der Waals surface area contributed by atoms with Crippen molar-refractivity contribution in [3.63, 3.8) is 0 Å². The standard InChI is InChI=1S/C15H24ClNO2/c1-3-14(4-2)17(9-11-18)10-12-19-15-7-5-13(16)6-8-15/h5-8,14,18H,3-4,9-12H2,1-2H3. The van der Waals surface area contributed by atoms with Crippen molar-refractivity contribution in [3.05, 3.63) is 29.3 Å². The van der Waals surface area contributed by atoms with E-state index in [0.717, 1.165) is 25.1 Å². The van der Waals surface area contributed by atoms with Crippen molar-refractivity contribution in [2.24, 2.45) is 0 Å². The summed E-state index contributed by atoms with van der Waals surface area (Å²) in [5, 5.41) is 9.84. The average molecular weight is 286 g/mol. The topological polar surface area (TPSA) is 32.7 Å². The molecular weight excluding hydrogens is 262 g/mol. The van der Waals surface area contributed by atoms with Crippen LogP contribution in [0, 0.1) is 0 Å². The van der Waals surface area contributed by atoms with Gasteiger partial charge in [-0.3, -0.25) is 4.90 Å². The molecule has 0 atom stereocenters. The Labute approximate surface area is 121 Å². The van der Waals surface area contributed by atoms with Crippen LogP contribution in [0.4, 0.5) is 0 Å². The predicted octanol–water partition coefficient (Wildman–Crippen LogP) is 3.20. The molecule has 4 heteroatoms. The van der Waals surface area contributed by atoms with Gasteiger partial charge in [0.15, 0.2) is 0 Å². The van der Waals surface area contributed by atoms with Crippen LogP contribution < -0.4 is 4.74 Å². The van der Waals surface area contributed by atoms with Crippen LogP contribution in [0.5, 0.6) is 5.75 Å². The van der Waals surface area contributed by atoms with Crippen LogP contribution in [0.3, 0.4) is 0 Å². The lowest BCUT2D eigenvalue weighted by atomic mass is 10.1. The maximum absolute atomic E-state index is 9.13. The Morgan fingerprint density at radius 2 is 1.79 bits per heavy atom. The number of aliphatic hydroxyl groups excluding tert-OH is 1. The molecule has 0 saturated heterocycles. The van der Waals surface area contributed by atoms with E-state index in [1.807, 2.05) is 24.3 Å². The van der Waals surface area contributed by atoms with E-state index in [2.05, 4.69) is 18.7 Å². The monoisotopic (exact) mass is 285 g/mol. The molecule has 0 bridgehead atoms. The Morgan fingerprint density at radius 3 is 2.32 bits per heavy atom. The highest BCUT2D eigenvalue weighted by molar-refractivity contribution is 6.30. The molecule has 0 fully saturated rings. The second-order valence-corrected chi connectivity index (χ2v) is 4.97. The lowest BCUT2D eigenvalue weighted by Crippen LogP contribution is -2.39. The van der Waals surface area contributed by atoms with Crippen LogP contribution in [0.1, 0.15) is 26.7 Å². The van der Waals surface area contributed by atoms with Gasteiger partial charge in [0, 0.05) is 24.2 Å². The third-order valence-corrected chi connectivity index (χ3v) is 3.56. The van der Waals surface area contributed by atoms with Crippen molar-refractivity contribution < 1.29 is 9.84 Å². The number of hydrogen-bond acceptors (Lipinski definition) is 3. The van der Waals surface area contributed by atoms with Crippen LogP contribution in [0.2, 0.25) is 5.02 Å². The summed E-state index contributed by atoms with van der Waals surface area (Å²) >= 11 is 5.82. The number of ether oxygens (including phenoxy) is 1. The maximum atomic E-state index is 9.13. The van der Waals surface area contributed by atoms with Gasteiger partial charge in [0.2, 0.25) is 0 Å². The van der Waals surface area contributed by atoms with Crippen molar-refractivity contribution in [2.75, 3.05) is 26.3 Å². The molecule has 0 unspecified atom stereocenters. The third kappa shape index (κ3) is 5.81. The van der Waals surface area contributed by atoms with E-state index in [0.29, 0.717) is 24.2 Å². The molecule has 3 nitrogen and oxygen atoms in total. The Balaban J connectivity index is 2.41. The van der Waals surface area contributed by atoms with Gasteiger partial charge in [-0.05, 0) is 37.1 Å². The van der Waals surface area contributed by atoms with E-state index in [1.54, 1.807) is 0 Å². The number of halogens is 1. The molecule has 0 aliphatic rings. The predicted molar refractivity (Wildman–Crippen MR) is 80.0 cm³/mol. The fourth-order valence-corrected chi connectivity index (χ4v) is 2.35. The van der Waals surface area contributed by atoms with Crippen LogP contribution >= 0.6 is 11.6 Å². The van der Waals surface area contributed by atoms with E-state index >= 15 is 0 Å². The fourth-order valence-electron chi connectivity index (χ4n) is 2.22. The van der Waals surface area contributed by atoms with Gasteiger partial charge >= 0.3 is 0 Å². The summed E-state index contributed by atoms with van der Waals surface area (Å²) in [6.07, 6.45) is 2.19. The van der Waals surface area contributed by atoms with Gasteiger partial charge in [-0.25, -0.2) is 0 Å². The summed E-state index contributed by atoms with van der Waals surface area (Å²) in [4.78, 5) is 2.29. The molecule has 1 rings (SSSR count). The minimum Gasteiger partial charge on any atom is -0.492 e. The van der Waals surface area contributed by atoms with Gasteiger partial charge in [0.25, 0.3) is 0 Å². The van der Waals surface area contributed by atoms with Gasteiger partial charge in [0.05, 0.1) is 6.61 Å². The smallest absolute Gasteiger partial charge is 0.119 e. The van der Waals surface area contributed by atoms with Gasteiger partial charge in [-0.2, -0.15) is 0 Å². The number of nitrogens with zero attached hydrogens (tertiary/aromatic N) is 1. The average Bonchev–Trinajstić information content (AvgIpc) is 2.42. The van der Waals surface area contributed by atoms with E-state index < -0.39 is 0 Å². The minimum absolute atomic E-state index is 0.192. The van der Waals surface area contributed by atoms with Crippen LogP contribution in [-0.4, -0.2) is 42.4 Å². The largest absolute Gasteiger partial charge is 0.492 e. The van der Waals surface area contributed by atoms with Gasteiger partial charge in [-0.1, -0.05) is 25.4 Å². The number of benzene rings is 1. The summed E-state index contributed by atoms with van der Waals surface area (Å²) in [5.41, 5.74) is 0. The Bertz CT molecular complexity index is 339. The molecule has 1 N–H and O–H groups in total. The first-order valence-electron chi connectivity index (χ1n) is 6.94. The van der Waals surface area contributed by atoms with Gasteiger partial charge < -0.3 is 9.84 Å². The molecule has 0 heterocycles. The number of aliphatic hydroxyl groups is 1. The van der Waals surface area contributed by atoms with E-state index in [9.17, 15) is 0 Å². The molecule has 0 spiro atoms. The zero-order valence-electron chi connectivity index (χ0n) is 11.8. The fraction of sp³-hybridized carbons (Fsp3) is 0.600. The summed E-state index contributed by atoms with van der Waals surface area (Å²) in [6.45, 7) is 6.71. The minimum atomic E-state index is 0.192. The normalized spacial score (nSPS) is 11.3. The molecule has 0 radical (unpaired) electrons. The first kappa shape index (κ1) is 16.3. The van der Waals surface area contributed by atoms with Crippen LogP contribution in [0.15, 0.2) is 24.3 Å². The van der Waals surface area contributed by atoms with Crippen molar-refractivity contribution in [1.82, 2.24) is 4.90 Å². The molecule has 0 aliphatic carbocycles. The zero-order chi connectivity index (χ0) is 14.1. The second kappa shape index (κ2) is 9.18. The quantitative estimate of drug-likeness (QED) is 0.756. The highest BCUT2D eigenvalue weighted by Crippen LogP contribution is 2.15. The van der Waals surface area contributed by atoms with Crippen molar-refractivity contribution in [3.8, 4) is 5.75 Å². The highest BCUT2D eigenvalue weighted by atomic mass is 35.5.